The number of aromatic amines is 1. The molecule has 0 bridgehead atoms. The third kappa shape index (κ3) is 3.93. The fourth-order valence-electron chi connectivity index (χ4n) is 2.60. The van der Waals surface area contributed by atoms with Gasteiger partial charge in [0.05, 0.1) is 26.9 Å². The summed E-state index contributed by atoms with van der Waals surface area (Å²) in [7, 11) is 0. The molecule has 29 heavy (non-hydrogen) atoms. The molecule has 0 aliphatic rings. The molecule has 0 radical (unpaired) electrons. The highest BCUT2D eigenvalue weighted by Gasteiger charge is 2.15. The van der Waals surface area contributed by atoms with E-state index in [1.807, 2.05) is 0 Å². The van der Waals surface area contributed by atoms with Gasteiger partial charge >= 0.3 is 0 Å². The predicted octanol–water partition coefficient (Wildman–Crippen LogP) is 4.36. The number of halogens is 2. The van der Waals surface area contributed by atoms with Gasteiger partial charge in [0.2, 0.25) is 5.88 Å². The molecule has 0 saturated carbocycles. The highest BCUT2D eigenvalue weighted by atomic mass is 35.5. The third-order valence-corrected chi connectivity index (χ3v) is 4.66. The quantitative estimate of drug-likeness (QED) is 0.274. The van der Waals surface area contributed by atoms with Crippen molar-refractivity contribution < 1.29 is 14.4 Å². The predicted molar refractivity (Wildman–Crippen MR) is 109 cm³/mol. The van der Waals surface area contributed by atoms with Crippen molar-refractivity contribution in [3.63, 3.8) is 0 Å². The molecule has 148 valence electrons. The number of aromatic hydroxyl groups is 1. The highest BCUT2D eigenvalue weighted by molar-refractivity contribution is 7.71. The fraction of sp³-hybridized carbons (Fsp3) is 0.0556. The first-order valence-electron chi connectivity index (χ1n) is 8.02. The number of nitrogens with zero attached hydrogens (tertiary/aromatic N) is 3. The Kier molecular flexibility index (Phi) is 5.57. The van der Waals surface area contributed by atoms with Crippen molar-refractivity contribution in [3.8, 4) is 11.6 Å². The SMILES string of the molecule is Cc1c(N=Cc2c(O)n(-c3ccc(F)c(Cl)c3)c(=S)[nH]c2=O)cccc1[N+](=O)[O-]. The molecule has 11 heteroatoms. The molecular formula is C18H12ClFN4O4S. The molecule has 0 atom stereocenters. The van der Waals surface area contributed by atoms with Crippen molar-refractivity contribution >= 4 is 41.4 Å². The van der Waals surface area contributed by atoms with E-state index in [4.69, 9.17) is 23.8 Å². The Bertz CT molecular complexity index is 1290. The number of aromatic nitrogens is 2. The maximum Gasteiger partial charge on any atom is 0.274 e. The average molecular weight is 435 g/mol. The van der Waals surface area contributed by atoms with E-state index < -0.39 is 22.2 Å². The number of nitrogens with one attached hydrogen (secondary N) is 1. The van der Waals surface area contributed by atoms with Crippen molar-refractivity contribution in [2.75, 3.05) is 0 Å². The van der Waals surface area contributed by atoms with E-state index in [0.29, 0.717) is 5.56 Å². The second-order valence-corrected chi connectivity index (χ2v) is 6.66. The highest BCUT2D eigenvalue weighted by Crippen LogP contribution is 2.28. The molecular weight excluding hydrogens is 423 g/mol. The minimum absolute atomic E-state index is 0.130. The lowest BCUT2D eigenvalue weighted by Crippen LogP contribution is -2.18. The van der Waals surface area contributed by atoms with Crippen molar-refractivity contribution in [1.82, 2.24) is 9.55 Å². The zero-order chi connectivity index (χ0) is 21.3. The second kappa shape index (κ2) is 7.94. The Morgan fingerprint density at radius 1 is 1.38 bits per heavy atom. The van der Waals surface area contributed by atoms with Gasteiger partial charge in [0.25, 0.3) is 11.2 Å². The largest absolute Gasteiger partial charge is 0.494 e. The summed E-state index contributed by atoms with van der Waals surface area (Å²) in [6.07, 6.45) is 1.07. The number of hydrogen-bond donors (Lipinski definition) is 2. The van der Waals surface area contributed by atoms with Crippen LogP contribution in [0.5, 0.6) is 5.88 Å². The van der Waals surface area contributed by atoms with Crippen LogP contribution in [0.1, 0.15) is 11.1 Å². The Morgan fingerprint density at radius 3 is 2.76 bits per heavy atom. The van der Waals surface area contributed by atoms with Gasteiger partial charge in [-0.3, -0.25) is 29.5 Å². The number of hydrogen-bond acceptors (Lipinski definition) is 6. The molecule has 0 fully saturated rings. The number of aliphatic imine (C=N–C) groups is 1. The maximum atomic E-state index is 13.4. The van der Waals surface area contributed by atoms with Gasteiger partial charge in [0.1, 0.15) is 11.4 Å². The summed E-state index contributed by atoms with van der Waals surface area (Å²) in [6, 6.07) is 7.95. The van der Waals surface area contributed by atoms with Crippen molar-refractivity contribution in [2.45, 2.75) is 6.92 Å². The average Bonchev–Trinajstić information content (AvgIpc) is 2.65. The monoisotopic (exact) mass is 434 g/mol. The smallest absolute Gasteiger partial charge is 0.274 e. The summed E-state index contributed by atoms with van der Waals surface area (Å²) in [6.45, 7) is 1.52. The number of nitro groups is 1. The second-order valence-electron chi connectivity index (χ2n) is 5.87. The molecule has 3 rings (SSSR count). The summed E-state index contributed by atoms with van der Waals surface area (Å²) < 4.78 is 14.4. The Labute approximate surface area is 172 Å². The van der Waals surface area contributed by atoms with Crippen molar-refractivity contribution in [1.29, 1.82) is 0 Å². The first kappa shape index (κ1) is 20.4. The van der Waals surface area contributed by atoms with E-state index in [1.54, 1.807) is 0 Å². The van der Waals surface area contributed by atoms with Gasteiger partial charge in [-0.2, -0.15) is 0 Å². The molecule has 8 nitrogen and oxygen atoms in total. The van der Waals surface area contributed by atoms with Crippen molar-refractivity contribution in [2.24, 2.45) is 4.99 Å². The molecule has 2 aromatic carbocycles. The van der Waals surface area contributed by atoms with Crippen LogP contribution < -0.4 is 5.56 Å². The molecule has 1 heterocycles. The summed E-state index contributed by atoms with van der Waals surface area (Å²) >= 11 is 10.9. The van der Waals surface area contributed by atoms with E-state index in [0.717, 1.165) is 16.8 Å². The summed E-state index contributed by atoms with van der Waals surface area (Å²) in [4.78, 5) is 29.3. The van der Waals surface area contributed by atoms with E-state index >= 15 is 0 Å². The summed E-state index contributed by atoms with van der Waals surface area (Å²) in [5.41, 5.74) is -0.334. The number of H-pyrrole nitrogens is 1. The lowest BCUT2D eigenvalue weighted by molar-refractivity contribution is -0.385. The lowest BCUT2D eigenvalue weighted by atomic mass is 10.1. The molecule has 2 N–H and O–H groups in total. The molecule has 0 aliphatic carbocycles. The van der Waals surface area contributed by atoms with Gasteiger partial charge in [-0.1, -0.05) is 17.7 Å². The van der Waals surface area contributed by atoms with Gasteiger partial charge in [-0.05, 0) is 43.4 Å². The lowest BCUT2D eigenvalue weighted by Gasteiger charge is -2.11. The molecule has 0 amide bonds. The summed E-state index contributed by atoms with van der Waals surface area (Å²) in [5, 5.41) is 21.5. The van der Waals surface area contributed by atoms with Crippen LogP contribution in [-0.4, -0.2) is 25.8 Å². The zero-order valence-electron chi connectivity index (χ0n) is 14.7. The van der Waals surface area contributed by atoms with Crippen LogP contribution in [0.2, 0.25) is 5.02 Å². The molecule has 0 saturated heterocycles. The third-order valence-electron chi connectivity index (χ3n) is 4.09. The Balaban J connectivity index is 2.14. The molecule has 0 aliphatic heterocycles. The van der Waals surface area contributed by atoms with Crippen LogP contribution in [0.3, 0.4) is 0 Å². The maximum absolute atomic E-state index is 13.4. The topological polar surface area (TPSA) is 114 Å². The summed E-state index contributed by atoms with van der Waals surface area (Å²) in [5.74, 6) is -1.21. The van der Waals surface area contributed by atoms with Crippen LogP contribution in [0.25, 0.3) is 5.69 Å². The van der Waals surface area contributed by atoms with Crippen LogP contribution in [0.15, 0.2) is 46.2 Å². The minimum atomic E-state index is -0.719. The first-order chi connectivity index (χ1) is 13.7. The van der Waals surface area contributed by atoms with Gasteiger partial charge in [-0.25, -0.2) is 4.39 Å². The Hall–Kier alpha value is -3.37. The van der Waals surface area contributed by atoms with E-state index in [-0.39, 0.29) is 32.4 Å². The van der Waals surface area contributed by atoms with Crippen LogP contribution in [0, 0.1) is 27.6 Å². The normalized spacial score (nSPS) is 11.1. The van der Waals surface area contributed by atoms with E-state index in [2.05, 4.69) is 9.98 Å². The fourth-order valence-corrected chi connectivity index (χ4v) is 3.06. The minimum Gasteiger partial charge on any atom is -0.494 e. The van der Waals surface area contributed by atoms with Gasteiger partial charge in [-0.15, -0.1) is 0 Å². The first-order valence-corrected chi connectivity index (χ1v) is 8.81. The van der Waals surface area contributed by atoms with E-state index in [9.17, 15) is 24.4 Å². The Morgan fingerprint density at radius 2 is 2.10 bits per heavy atom. The molecule has 1 aromatic heterocycles. The van der Waals surface area contributed by atoms with E-state index in [1.165, 1.54) is 37.3 Å². The van der Waals surface area contributed by atoms with Crippen LogP contribution >= 0.6 is 23.8 Å². The van der Waals surface area contributed by atoms with Crippen molar-refractivity contribution in [3.05, 3.63) is 83.6 Å². The zero-order valence-corrected chi connectivity index (χ0v) is 16.3. The van der Waals surface area contributed by atoms with Gasteiger partial charge in [0, 0.05) is 12.3 Å². The molecule has 0 spiro atoms. The van der Waals surface area contributed by atoms with Gasteiger partial charge in [0.15, 0.2) is 4.77 Å². The number of rotatable bonds is 4. The van der Waals surface area contributed by atoms with Gasteiger partial charge < -0.3 is 5.11 Å². The van der Waals surface area contributed by atoms with Crippen LogP contribution in [-0.2, 0) is 0 Å². The molecule has 3 aromatic rings. The number of nitro benzene ring substituents is 1. The molecule has 0 unspecified atom stereocenters. The standard InChI is InChI=1S/C18H12ClFN4O4S/c1-9-14(3-2-4-15(9)24(27)28)21-8-11-16(25)22-18(29)23(17(11)26)10-5-6-13(20)12(19)7-10/h2-8,26H,1H3,(H,22,25,29). The number of benzene rings is 2. The van der Waals surface area contributed by atoms with Crippen LogP contribution in [0.4, 0.5) is 15.8 Å².